The van der Waals surface area contributed by atoms with Crippen LogP contribution in [0.3, 0.4) is 0 Å². The van der Waals surface area contributed by atoms with Crippen LogP contribution in [0.1, 0.15) is 103 Å². The summed E-state index contributed by atoms with van der Waals surface area (Å²) in [6, 6.07) is 0. The Hall–Kier alpha value is -0.227. The van der Waals surface area contributed by atoms with Crippen LogP contribution in [0.4, 0.5) is 0 Å². The van der Waals surface area contributed by atoms with Crippen LogP contribution in [-0.2, 0) is 29.0 Å². The second kappa shape index (κ2) is 13.2. The largest absolute Gasteiger partial charge is 0.462 e. The van der Waals surface area contributed by atoms with E-state index in [4.69, 9.17) is 4.74 Å². The van der Waals surface area contributed by atoms with Gasteiger partial charge in [-0.05, 0) is 99.2 Å². The molecule has 0 radical (unpaired) electrons. The van der Waals surface area contributed by atoms with Crippen LogP contribution in [0.15, 0.2) is 0 Å². The summed E-state index contributed by atoms with van der Waals surface area (Å²) in [5.41, 5.74) is 0. The van der Waals surface area contributed by atoms with Gasteiger partial charge in [-0.15, -0.1) is 0 Å². The van der Waals surface area contributed by atoms with Crippen molar-refractivity contribution in [3.05, 3.63) is 0 Å². The monoisotopic (exact) mass is 674 g/mol. The molecule has 8 N–H and O–H groups in total. The fourth-order valence-corrected chi connectivity index (χ4v) is 12.3. The van der Waals surface area contributed by atoms with Gasteiger partial charge in [-0.3, -0.25) is 47.3 Å². The van der Waals surface area contributed by atoms with E-state index in [1.54, 1.807) is 6.92 Å². The van der Waals surface area contributed by atoms with Crippen molar-refractivity contribution in [2.75, 3.05) is 0 Å². The Kier molecular flexibility index (Phi) is 9.42. The Labute approximate surface area is 282 Å². The number of hydrogen-bond donors (Lipinski definition) is 8. The second-order valence-corrected chi connectivity index (χ2v) is 16.3. The van der Waals surface area contributed by atoms with Crippen LogP contribution in [0.25, 0.3) is 0 Å². The Morgan fingerprint density at radius 2 is 0.711 bits per heavy atom. The Morgan fingerprint density at radius 3 is 1.04 bits per heavy atom. The molecule has 17 unspecified atom stereocenters. The van der Waals surface area contributed by atoms with Crippen LogP contribution >= 0.6 is 0 Å². The predicted molar refractivity (Wildman–Crippen MR) is 168 cm³/mol. The van der Waals surface area contributed by atoms with Crippen LogP contribution in [0, 0.1) is 47.3 Å². The Balaban J connectivity index is 0.00000300. The van der Waals surface area contributed by atoms with E-state index in [0.29, 0.717) is 72.3 Å². The molecule has 4 aliphatic carbocycles. The summed E-state index contributed by atoms with van der Waals surface area (Å²) >= 11 is 0. The van der Waals surface area contributed by atoms with Gasteiger partial charge in [0.05, 0.1) is 49.3 Å². The summed E-state index contributed by atoms with van der Waals surface area (Å²) in [7, 11) is 0. The summed E-state index contributed by atoms with van der Waals surface area (Å²) in [6.07, 6.45) is 21.5. The van der Waals surface area contributed by atoms with Crippen LogP contribution in [-0.4, -0.2) is 61.4 Å². The number of ether oxygens (including phenoxy) is 1. The van der Waals surface area contributed by atoms with Gasteiger partial charge in [-0.2, -0.15) is 0 Å². The number of nitrogens with one attached hydrogen (secondary N) is 8. The number of esters is 1. The quantitative estimate of drug-likeness (QED) is 0.155. The SMILES string of the molecule is CC(=O)OC1CCCC2C3NC4NC(NC5NC(NC6NC(NC(N3)C12)C1CCCCC61)C1CCCCC51)C1CCCCC41.[Zn]. The van der Waals surface area contributed by atoms with Crippen LogP contribution < -0.4 is 42.5 Å². The van der Waals surface area contributed by atoms with Crippen molar-refractivity contribution in [1.82, 2.24) is 42.5 Å². The molecule has 8 bridgehead atoms. The minimum Gasteiger partial charge on any atom is -0.462 e. The molecule has 0 aromatic carbocycles. The molecule has 5 aliphatic heterocycles. The van der Waals surface area contributed by atoms with Crippen LogP contribution in [0.5, 0.6) is 0 Å². The third-order valence-electron chi connectivity index (χ3n) is 14.1. The molecule has 0 aromatic heterocycles. The van der Waals surface area contributed by atoms with Crippen molar-refractivity contribution >= 4 is 5.97 Å². The van der Waals surface area contributed by atoms with Gasteiger partial charge >= 0.3 is 5.97 Å². The molecular weight excluding hydrogens is 618 g/mol. The molecule has 0 aromatic rings. The maximum Gasteiger partial charge on any atom is 0.302 e. The Bertz CT molecular complexity index is 1070. The standard InChI is InChI=1S/C34H58N8O2.Zn/c1-17(43)44-25-16-8-15-24-26(25)34-41-32-23-14-7-6-13-22(23)30(39-32)37-28-19-10-3-2-9-18(19)27(35-28)36-29-20-11-4-5-12-21(20)31(38-29)40-33(24)42-34;/h18-42H,2-16H2,1H3;. The number of carbonyl (C=O) groups is 1. The first-order valence-corrected chi connectivity index (χ1v) is 18.9. The van der Waals surface area contributed by atoms with Crippen molar-refractivity contribution in [2.24, 2.45) is 47.3 Å². The van der Waals surface area contributed by atoms with Gasteiger partial charge in [0.1, 0.15) is 6.10 Å². The molecule has 17 atom stereocenters. The van der Waals surface area contributed by atoms with Crippen molar-refractivity contribution in [2.45, 2.75) is 159 Å². The number of rotatable bonds is 1. The molecule has 5 saturated heterocycles. The fraction of sp³-hybridized carbons (Fsp3) is 0.971. The summed E-state index contributed by atoms with van der Waals surface area (Å²) < 4.78 is 6.08. The molecule has 9 aliphatic rings. The van der Waals surface area contributed by atoms with Gasteiger partial charge in [0, 0.05) is 32.3 Å². The average Bonchev–Trinajstić information content (AvgIpc) is 3.77. The molecular formula is C34H58N8O2Zn. The van der Waals surface area contributed by atoms with E-state index < -0.39 is 0 Å². The van der Waals surface area contributed by atoms with E-state index in [1.807, 2.05) is 0 Å². The molecule has 0 spiro atoms. The van der Waals surface area contributed by atoms with Gasteiger partial charge in [0.25, 0.3) is 0 Å². The number of hydrogen-bond acceptors (Lipinski definition) is 10. The zero-order valence-electron chi connectivity index (χ0n) is 27.4. The third-order valence-corrected chi connectivity index (χ3v) is 14.1. The minimum atomic E-state index is -0.139. The molecule has 5 heterocycles. The fourth-order valence-electron chi connectivity index (χ4n) is 12.3. The molecule has 0 amide bonds. The van der Waals surface area contributed by atoms with Crippen LogP contribution in [0.2, 0.25) is 0 Å². The minimum absolute atomic E-state index is 0. The topological polar surface area (TPSA) is 123 Å². The first-order valence-electron chi connectivity index (χ1n) is 18.9. The zero-order valence-corrected chi connectivity index (χ0v) is 30.4. The molecule has 9 fully saturated rings. The zero-order chi connectivity index (χ0) is 29.4. The second-order valence-electron chi connectivity index (χ2n) is 16.3. The van der Waals surface area contributed by atoms with E-state index in [1.165, 1.54) is 83.5 Å². The molecule has 11 heteroatoms. The third kappa shape index (κ3) is 5.80. The van der Waals surface area contributed by atoms with E-state index in [-0.39, 0.29) is 56.0 Å². The number of fused-ring (bicyclic) bond motifs is 20. The first kappa shape index (κ1) is 32.0. The van der Waals surface area contributed by atoms with Gasteiger partial charge < -0.3 is 4.74 Å². The van der Waals surface area contributed by atoms with Crippen molar-refractivity contribution < 1.29 is 29.0 Å². The average molecular weight is 676 g/mol. The summed E-state index contributed by atoms with van der Waals surface area (Å²) in [5.74, 6) is 4.55. The van der Waals surface area contributed by atoms with Gasteiger partial charge in [0.15, 0.2) is 0 Å². The van der Waals surface area contributed by atoms with Gasteiger partial charge in [0.2, 0.25) is 0 Å². The smallest absolute Gasteiger partial charge is 0.302 e. The summed E-state index contributed by atoms with van der Waals surface area (Å²) in [6.45, 7) is 1.59. The molecule has 45 heavy (non-hydrogen) atoms. The molecule has 4 saturated carbocycles. The maximum absolute atomic E-state index is 12.3. The van der Waals surface area contributed by atoms with Crippen molar-refractivity contribution in [3.8, 4) is 0 Å². The molecule has 248 valence electrons. The van der Waals surface area contributed by atoms with E-state index in [9.17, 15) is 4.79 Å². The van der Waals surface area contributed by atoms with Gasteiger partial charge in [-0.1, -0.05) is 38.5 Å². The van der Waals surface area contributed by atoms with Crippen molar-refractivity contribution in [1.29, 1.82) is 0 Å². The Morgan fingerprint density at radius 1 is 0.422 bits per heavy atom. The van der Waals surface area contributed by atoms with E-state index >= 15 is 0 Å². The number of carbonyl (C=O) groups excluding carboxylic acids is 1. The van der Waals surface area contributed by atoms with E-state index in [2.05, 4.69) is 42.5 Å². The maximum atomic E-state index is 12.3. The summed E-state index contributed by atoms with van der Waals surface area (Å²) in [5, 5.41) is 33.4. The summed E-state index contributed by atoms with van der Waals surface area (Å²) in [4.78, 5) is 12.3. The van der Waals surface area contributed by atoms with Crippen molar-refractivity contribution in [3.63, 3.8) is 0 Å². The molecule has 10 nitrogen and oxygen atoms in total. The van der Waals surface area contributed by atoms with E-state index in [0.717, 1.165) is 12.8 Å². The normalized spacial score (nSPS) is 53.8. The van der Waals surface area contributed by atoms with Gasteiger partial charge in [-0.25, -0.2) is 0 Å². The predicted octanol–water partition coefficient (Wildman–Crippen LogP) is 2.14. The molecule has 9 rings (SSSR count). The first-order chi connectivity index (χ1) is 21.6.